The van der Waals surface area contributed by atoms with Gasteiger partial charge in [-0.3, -0.25) is 0 Å². The lowest BCUT2D eigenvalue weighted by Crippen LogP contribution is -2.39. The summed E-state index contributed by atoms with van der Waals surface area (Å²) in [4.78, 5) is 9.12. The minimum absolute atomic E-state index is 0.283. The number of nitrogens with zero attached hydrogens (tertiary/aromatic N) is 3. The average Bonchev–Trinajstić information content (AvgIpc) is 2.97. The molecule has 144 valence electrons. The highest BCUT2D eigenvalue weighted by molar-refractivity contribution is 5.79. The van der Waals surface area contributed by atoms with Gasteiger partial charge in [-0.25, -0.2) is 9.98 Å². The van der Waals surface area contributed by atoms with Crippen LogP contribution in [0, 0.1) is 11.8 Å². The maximum Gasteiger partial charge on any atom is 0.191 e. The number of hydrogen-bond acceptors (Lipinski definition) is 3. The van der Waals surface area contributed by atoms with Crippen LogP contribution in [0.3, 0.4) is 0 Å². The predicted octanol–water partition coefficient (Wildman–Crippen LogP) is 3.05. The molecule has 0 amide bonds. The number of rotatable bonds is 11. The van der Waals surface area contributed by atoms with Crippen molar-refractivity contribution < 1.29 is 4.74 Å². The molecule has 0 aliphatic carbocycles. The van der Waals surface area contributed by atoms with Gasteiger partial charge in [0.1, 0.15) is 12.4 Å². The summed E-state index contributed by atoms with van der Waals surface area (Å²) in [7, 11) is 0. The normalized spacial score (nSPS) is 13.5. The first-order valence-corrected chi connectivity index (χ1v) is 9.61. The minimum atomic E-state index is 0.283. The van der Waals surface area contributed by atoms with Gasteiger partial charge in [-0.2, -0.15) is 0 Å². The zero-order chi connectivity index (χ0) is 18.7. The maximum absolute atomic E-state index is 5.80. The third-order valence-electron chi connectivity index (χ3n) is 3.93. The first kappa shape index (κ1) is 21.5. The Bertz CT molecular complexity index is 496. The fraction of sp³-hybridized carbons (Fsp3) is 0.789. The second-order valence-electron chi connectivity index (χ2n) is 7.04. The van der Waals surface area contributed by atoms with E-state index in [1.54, 1.807) is 0 Å². The monoisotopic (exact) mass is 351 g/mol. The molecule has 0 spiro atoms. The number of ether oxygens (including phenoxy) is 1. The van der Waals surface area contributed by atoms with E-state index in [9.17, 15) is 0 Å². The Morgan fingerprint density at radius 2 is 2.00 bits per heavy atom. The fourth-order valence-electron chi connectivity index (χ4n) is 2.70. The second-order valence-corrected chi connectivity index (χ2v) is 7.04. The quantitative estimate of drug-likeness (QED) is 0.475. The summed E-state index contributed by atoms with van der Waals surface area (Å²) < 4.78 is 7.99. The first-order valence-electron chi connectivity index (χ1n) is 9.61. The van der Waals surface area contributed by atoms with Crippen molar-refractivity contribution in [2.45, 2.75) is 67.2 Å². The van der Waals surface area contributed by atoms with E-state index in [-0.39, 0.29) is 6.10 Å². The Balaban J connectivity index is 2.58. The lowest BCUT2D eigenvalue weighted by molar-refractivity contribution is 0.0258. The molecule has 1 unspecified atom stereocenters. The molecule has 0 aliphatic heterocycles. The smallest absolute Gasteiger partial charge is 0.191 e. The number of aliphatic imine (C=N–C) groups is 1. The molecule has 1 rings (SSSR count). The van der Waals surface area contributed by atoms with Crippen molar-refractivity contribution >= 4 is 5.96 Å². The van der Waals surface area contributed by atoms with Crippen molar-refractivity contribution in [2.75, 3.05) is 19.7 Å². The summed E-state index contributed by atoms with van der Waals surface area (Å²) in [5.74, 6) is 2.94. The van der Waals surface area contributed by atoms with E-state index in [2.05, 4.69) is 59.8 Å². The standard InChI is InChI=1S/C19H37N5O/c1-7-20-19(22-10-9-17(16(5)6)25-8-2)23-13-18-21-11-12-24(18)14-15(3)4/h11-12,15-17H,7-10,13-14H2,1-6H3,(H2,20,22,23). The highest BCUT2D eigenvalue weighted by atomic mass is 16.5. The van der Waals surface area contributed by atoms with E-state index in [0.29, 0.717) is 18.4 Å². The maximum atomic E-state index is 5.80. The van der Waals surface area contributed by atoms with Crippen molar-refractivity contribution in [1.29, 1.82) is 0 Å². The molecule has 6 heteroatoms. The van der Waals surface area contributed by atoms with Crippen LogP contribution in [0.25, 0.3) is 0 Å². The molecule has 0 saturated heterocycles. The van der Waals surface area contributed by atoms with E-state index in [1.165, 1.54) is 0 Å². The molecule has 1 heterocycles. The Labute approximate surface area is 153 Å². The second kappa shape index (κ2) is 11.9. The lowest BCUT2D eigenvalue weighted by Gasteiger charge is -2.21. The van der Waals surface area contributed by atoms with Gasteiger partial charge in [-0.05, 0) is 32.1 Å². The van der Waals surface area contributed by atoms with E-state index in [0.717, 1.165) is 44.4 Å². The predicted molar refractivity (Wildman–Crippen MR) is 105 cm³/mol. The van der Waals surface area contributed by atoms with Gasteiger partial charge < -0.3 is 19.9 Å². The summed E-state index contributed by atoms with van der Waals surface area (Å²) in [5, 5.41) is 6.71. The molecule has 0 bridgehead atoms. The number of guanidine groups is 1. The van der Waals surface area contributed by atoms with Crippen LogP contribution in [0.2, 0.25) is 0 Å². The van der Waals surface area contributed by atoms with E-state index in [1.807, 2.05) is 19.3 Å². The van der Waals surface area contributed by atoms with Gasteiger partial charge in [0, 0.05) is 38.6 Å². The van der Waals surface area contributed by atoms with Crippen molar-refractivity contribution in [1.82, 2.24) is 20.2 Å². The van der Waals surface area contributed by atoms with Crippen molar-refractivity contribution in [3.63, 3.8) is 0 Å². The fourth-order valence-corrected chi connectivity index (χ4v) is 2.70. The van der Waals surface area contributed by atoms with Crippen molar-refractivity contribution in [3.05, 3.63) is 18.2 Å². The minimum Gasteiger partial charge on any atom is -0.378 e. The molecule has 6 nitrogen and oxygen atoms in total. The summed E-state index contributed by atoms with van der Waals surface area (Å²) in [6, 6.07) is 0. The van der Waals surface area contributed by atoms with Crippen LogP contribution in [0.4, 0.5) is 0 Å². The topological polar surface area (TPSA) is 63.5 Å². The zero-order valence-electron chi connectivity index (χ0n) is 16.9. The molecule has 2 N–H and O–H groups in total. The third kappa shape index (κ3) is 8.38. The van der Waals surface area contributed by atoms with Crippen molar-refractivity contribution in [3.8, 4) is 0 Å². The van der Waals surface area contributed by atoms with Gasteiger partial charge in [0.15, 0.2) is 5.96 Å². The van der Waals surface area contributed by atoms with Gasteiger partial charge in [0.25, 0.3) is 0 Å². The highest BCUT2D eigenvalue weighted by Gasteiger charge is 2.13. The molecule has 25 heavy (non-hydrogen) atoms. The van der Waals surface area contributed by atoms with Crippen LogP contribution in [0.5, 0.6) is 0 Å². The Morgan fingerprint density at radius 1 is 1.24 bits per heavy atom. The molecular formula is C19H37N5O. The van der Waals surface area contributed by atoms with Crippen LogP contribution in [-0.4, -0.2) is 41.3 Å². The molecule has 1 atom stereocenters. The molecule has 0 aliphatic rings. The lowest BCUT2D eigenvalue weighted by atomic mass is 10.0. The van der Waals surface area contributed by atoms with E-state index >= 15 is 0 Å². The highest BCUT2D eigenvalue weighted by Crippen LogP contribution is 2.10. The number of nitrogens with one attached hydrogen (secondary N) is 2. The molecule has 0 aromatic carbocycles. The van der Waals surface area contributed by atoms with Gasteiger partial charge >= 0.3 is 0 Å². The Morgan fingerprint density at radius 3 is 2.60 bits per heavy atom. The molecule has 1 aromatic rings. The zero-order valence-corrected chi connectivity index (χ0v) is 16.9. The largest absolute Gasteiger partial charge is 0.378 e. The molecule has 0 radical (unpaired) electrons. The number of imidazole rings is 1. The van der Waals surface area contributed by atoms with Gasteiger partial charge in [0.2, 0.25) is 0 Å². The van der Waals surface area contributed by atoms with Crippen LogP contribution in [0.1, 0.15) is 53.8 Å². The molecule has 0 saturated carbocycles. The molecule has 1 aromatic heterocycles. The van der Waals surface area contributed by atoms with Crippen LogP contribution >= 0.6 is 0 Å². The Hall–Kier alpha value is -1.56. The van der Waals surface area contributed by atoms with E-state index in [4.69, 9.17) is 4.74 Å². The summed E-state index contributed by atoms with van der Waals surface area (Å²) in [6.45, 7) is 16.9. The number of aromatic nitrogens is 2. The summed E-state index contributed by atoms with van der Waals surface area (Å²) >= 11 is 0. The molecular weight excluding hydrogens is 314 g/mol. The van der Waals surface area contributed by atoms with Crippen LogP contribution in [0.15, 0.2) is 17.4 Å². The van der Waals surface area contributed by atoms with E-state index < -0.39 is 0 Å². The summed E-state index contributed by atoms with van der Waals surface area (Å²) in [6.07, 6.45) is 5.13. The Kier molecular flexibility index (Phi) is 10.2. The van der Waals surface area contributed by atoms with Crippen LogP contribution in [-0.2, 0) is 17.8 Å². The molecule has 0 fully saturated rings. The van der Waals surface area contributed by atoms with Crippen molar-refractivity contribution in [2.24, 2.45) is 16.8 Å². The van der Waals surface area contributed by atoms with Gasteiger partial charge in [-0.1, -0.05) is 27.7 Å². The number of hydrogen-bond donors (Lipinski definition) is 2. The SMILES string of the molecule is CCNC(=NCc1nccn1CC(C)C)NCCC(OCC)C(C)C. The summed E-state index contributed by atoms with van der Waals surface area (Å²) in [5.41, 5.74) is 0. The first-order chi connectivity index (χ1) is 12.0. The van der Waals surface area contributed by atoms with Crippen LogP contribution < -0.4 is 10.6 Å². The average molecular weight is 352 g/mol. The van der Waals surface area contributed by atoms with Gasteiger partial charge in [-0.15, -0.1) is 0 Å². The van der Waals surface area contributed by atoms with Gasteiger partial charge in [0.05, 0.1) is 6.10 Å². The third-order valence-corrected chi connectivity index (χ3v) is 3.93.